The van der Waals surface area contributed by atoms with Crippen molar-refractivity contribution in [2.75, 3.05) is 26.4 Å². The number of esters is 2. The van der Waals surface area contributed by atoms with Gasteiger partial charge >= 0.3 is 11.9 Å². The van der Waals surface area contributed by atoms with E-state index in [1.165, 1.54) is 128 Å². The zero-order valence-electron chi connectivity index (χ0n) is 39.8. The highest BCUT2D eigenvalue weighted by Gasteiger charge is 2.51. The van der Waals surface area contributed by atoms with Crippen LogP contribution < -0.4 is 0 Å². The number of hydrogen-bond donors (Lipinski definition) is 7. The van der Waals surface area contributed by atoms with Crippen molar-refractivity contribution in [3.05, 3.63) is 0 Å². The van der Waals surface area contributed by atoms with Crippen LogP contribution in [-0.2, 0) is 38.0 Å². The summed E-state index contributed by atoms with van der Waals surface area (Å²) in [5.41, 5.74) is 0. The third kappa shape index (κ3) is 25.6. The van der Waals surface area contributed by atoms with E-state index in [1.807, 2.05) is 0 Å². The predicted molar refractivity (Wildman–Crippen MR) is 243 cm³/mol. The van der Waals surface area contributed by atoms with Crippen molar-refractivity contribution in [2.24, 2.45) is 0 Å². The highest BCUT2D eigenvalue weighted by atomic mass is 16.7. The minimum absolute atomic E-state index is 0.165. The molecule has 15 nitrogen and oxygen atoms in total. The van der Waals surface area contributed by atoms with Gasteiger partial charge in [-0.2, -0.15) is 0 Å². The monoisotopic (exact) mass is 921 g/mol. The molecule has 11 atom stereocenters. The van der Waals surface area contributed by atoms with Gasteiger partial charge in [0.2, 0.25) is 0 Å². The Morgan fingerprint density at radius 1 is 0.469 bits per heavy atom. The van der Waals surface area contributed by atoms with Crippen LogP contribution in [0.2, 0.25) is 0 Å². The van der Waals surface area contributed by atoms with Gasteiger partial charge in [-0.1, -0.05) is 181 Å². The Kier molecular flexibility index (Phi) is 34.3. The molecule has 2 aliphatic heterocycles. The van der Waals surface area contributed by atoms with Crippen LogP contribution in [0.25, 0.3) is 0 Å². The molecule has 0 spiro atoms. The first-order chi connectivity index (χ1) is 31.0. The molecule has 1 unspecified atom stereocenters. The van der Waals surface area contributed by atoms with Gasteiger partial charge in [0, 0.05) is 12.8 Å². The minimum Gasteiger partial charge on any atom is -0.463 e. The fourth-order valence-electron chi connectivity index (χ4n) is 8.36. The number of aliphatic hydroxyl groups excluding tert-OH is 7. The van der Waals surface area contributed by atoms with Crippen LogP contribution in [-0.4, -0.2) is 142 Å². The molecule has 2 heterocycles. The molecule has 7 N–H and O–H groups in total. The topological polar surface area (TPSA) is 231 Å². The summed E-state index contributed by atoms with van der Waals surface area (Å²) in [5.74, 6) is -0.949. The number of aliphatic hydroxyl groups is 7. The standard InChI is InChI=1S/C49H92O15/c1-3-5-7-9-11-13-15-17-18-20-22-24-26-28-30-32-41(53)60-36-39-43(55)47(64-49-45(57)44(56)42(54)38(33-50)62-49)46(58)48(63-39)61-35-37(51)34-59-40(52)31-29-27-25-23-21-19-16-14-12-10-8-6-4-2/h37-39,42-51,54-58H,3-36H2,1-2H3/t37?,38-,39-,42-,43-,44+,45-,46+,47+,48+,49-/m1/s1. The minimum atomic E-state index is -1.83. The van der Waals surface area contributed by atoms with E-state index in [9.17, 15) is 45.3 Å². The van der Waals surface area contributed by atoms with Gasteiger partial charge in [-0.05, 0) is 12.8 Å². The smallest absolute Gasteiger partial charge is 0.305 e. The summed E-state index contributed by atoms with van der Waals surface area (Å²) >= 11 is 0. The maximum atomic E-state index is 12.7. The van der Waals surface area contributed by atoms with Gasteiger partial charge in [-0.15, -0.1) is 0 Å². The van der Waals surface area contributed by atoms with Crippen molar-refractivity contribution in [1.82, 2.24) is 0 Å². The van der Waals surface area contributed by atoms with Crippen LogP contribution in [0.1, 0.15) is 206 Å². The van der Waals surface area contributed by atoms with Gasteiger partial charge < -0.3 is 64.2 Å². The molecule has 64 heavy (non-hydrogen) atoms. The van der Waals surface area contributed by atoms with Crippen molar-refractivity contribution < 1.29 is 73.8 Å². The maximum absolute atomic E-state index is 12.7. The second-order valence-corrected chi connectivity index (χ2v) is 18.4. The van der Waals surface area contributed by atoms with Crippen LogP contribution >= 0.6 is 0 Å². The zero-order valence-corrected chi connectivity index (χ0v) is 39.8. The highest BCUT2D eigenvalue weighted by Crippen LogP contribution is 2.30. The Labute approximate surface area is 385 Å². The molecule has 0 aliphatic carbocycles. The second kappa shape index (κ2) is 37.5. The summed E-state index contributed by atoms with van der Waals surface area (Å²) in [5, 5.41) is 73.8. The van der Waals surface area contributed by atoms with E-state index in [4.69, 9.17) is 28.4 Å². The van der Waals surface area contributed by atoms with Crippen LogP contribution in [0.5, 0.6) is 0 Å². The molecule has 15 heteroatoms. The van der Waals surface area contributed by atoms with E-state index in [-0.39, 0.29) is 19.4 Å². The van der Waals surface area contributed by atoms with Crippen molar-refractivity contribution in [3.8, 4) is 0 Å². The van der Waals surface area contributed by atoms with E-state index in [0.717, 1.165) is 38.5 Å². The lowest BCUT2D eigenvalue weighted by atomic mass is 9.97. The van der Waals surface area contributed by atoms with Gasteiger partial charge in [-0.25, -0.2) is 0 Å². The van der Waals surface area contributed by atoms with Crippen LogP contribution in [0.4, 0.5) is 0 Å². The van der Waals surface area contributed by atoms with Gasteiger partial charge in [-0.3, -0.25) is 9.59 Å². The molecule has 378 valence electrons. The number of ether oxygens (including phenoxy) is 6. The zero-order chi connectivity index (χ0) is 46.8. The van der Waals surface area contributed by atoms with E-state index in [2.05, 4.69) is 13.8 Å². The summed E-state index contributed by atoms with van der Waals surface area (Å²) in [6.45, 7) is 2.48. The van der Waals surface area contributed by atoms with E-state index in [1.54, 1.807) is 0 Å². The first kappa shape index (κ1) is 58.6. The molecule has 0 aromatic carbocycles. The Hall–Kier alpha value is -1.50. The molecule has 2 saturated heterocycles. The van der Waals surface area contributed by atoms with Gasteiger partial charge in [0.05, 0.1) is 13.2 Å². The average Bonchev–Trinajstić information content (AvgIpc) is 3.29. The molecular formula is C49H92O15. The van der Waals surface area contributed by atoms with Gasteiger partial charge in [0.1, 0.15) is 68.1 Å². The molecule has 0 saturated carbocycles. The Bertz CT molecular complexity index is 1130. The number of unbranched alkanes of at least 4 members (excludes halogenated alkanes) is 26. The lowest BCUT2D eigenvalue weighted by molar-refractivity contribution is -0.361. The third-order valence-corrected chi connectivity index (χ3v) is 12.5. The summed E-state index contributed by atoms with van der Waals surface area (Å²) in [4.78, 5) is 25.1. The molecule has 0 radical (unpaired) electrons. The normalized spacial score (nSPS) is 26.5. The van der Waals surface area contributed by atoms with Crippen molar-refractivity contribution >= 4 is 11.9 Å². The van der Waals surface area contributed by atoms with E-state index in [0.29, 0.717) is 12.8 Å². The molecule has 0 amide bonds. The number of carbonyl (C=O) groups excluding carboxylic acids is 2. The van der Waals surface area contributed by atoms with E-state index < -0.39 is 99.3 Å². The fourth-order valence-corrected chi connectivity index (χ4v) is 8.36. The Morgan fingerprint density at radius 2 is 0.875 bits per heavy atom. The van der Waals surface area contributed by atoms with Gasteiger partial charge in [0.15, 0.2) is 12.6 Å². The summed E-state index contributed by atoms with van der Waals surface area (Å²) in [7, 11) is 0. The fraction of sp³-hybridized carbons (Fsp3) is 0.959. The summed E-state index contributed by atoms with van der Waals surface area (Å²) < 4.78 is 33.3. The highest BCUT2D eigenvalue weighted by molar-refractivity contribution is 5.69. The molecule has 2 aliphatic rings. The quantitative estimate of drug-likeness (QED) is 0.0247. The average molecular weight is 921 g/mol. The van der Waals surface area contributed by atoms with Crippen molar-refractivity contribution in [3.63, 3.8) is 0 Å². The summed E-state index contributed by atoms with van der Waals surface area (Å²) in [6.07, 6.45) is 16.3. The Morgan fingerprint density at radius 3 is 1.31 bits per heavy atom. The predicted octanol–water partition coefficient (Wildman–Crippen LogP) is 6.82. The molecule has 2 fully saturated rings. The Balaban J connectivity index is 1.76. The SMILES string of the molecule is CCCCCCCCCCCCCCCCCC(=O)OC[C@H]1O[C@H](OCC(O)COC(=O)CCCCCCCCCCCCCCC)[C@@H](O)[C@@H](O[C@H]2O[C@H](CO)[C@@H](O)[C@H](O)[C@H]2O)[C@@H]1O. The largest absolute Gasteiger partial charge is 0.463 e. The van der Waals surface area contributed by atoms with Crippen molar-refractivity contribution in [1.29, 1.82) is 0 Å². The lowest BCUT2D eigenvalue weighted by Gasteiger charge is -2.46. The molecule has 0 aromatic rings. The number of carbonyl (C=O) groups is 2. The first-order valence-corrected chi connectivity index (χ1v) is 25.6. The number of rotatable bonds is 40. The van der Waals surface area contributed by atoms with Crippen molar-refractivity contribution in [2.45, 2.75) is 274 Å². The second-order valence-electron chi connectivity index (χ2n) is 18.4. The molecule has 0 aromatic heterocycles. The van der Waals surface area contributed by atoms with Crippen LogP contribution in [0.3, 0.4) is 0 Å². The van der Waals surface area contributed by atoms with E-state index >= 15 is 0 Å². The molecule has 2 rings (SSSR count). The van der Waals surface area contributed by atoms with Crippen LogP contribution in [0.15, 0.2) is 0 Å². The summed E-state index contributed by atoms with van der Waals surface area (Å²) in [6, 6.07) is 0. The molecule has 0 bridgehead atoms. The number of hydrogen-bond acceptors (Lipinski definition) is 15. The lowest BCUT2D eigenvalue weighted by Crippen LogP contribution is -2.65. The maximum Gasteiger partial charge on any atom is 0.305 e. The van der Waals surface area contributed by atoms with Crippen LogP contribution in [0, 0.1) is 0 Å². The molecular weight excluding hydrogens is 829 g/mol. The third-order valence-electron chi connectivity index (χ3n) is 12.5. The van der Waals surface area contributed by atoms with Gasteiger partial charge in [0.25, 0.3) is 0 Å². The first-order valence-electron chi connectivity index (χ1n) is 25.6.